The van der Waals surface area contributed by atoms with Crippen molar-refractivity contribution in [3.63, 3.8) is 0 Å². The molecule has 1 saturated carbocycles. The Morgan fingerprint density at radius 1 is 1.38 bits per heavy atom. The quantitative estimate of drug-likeness (QED) is 0.617. The molecule has 0 aromatic carbocycles. The van der Waals surface area contributed by atoms with Crippen LogP contribution in [0.3, 0.4) is 0 Å². The molecule has 0 aromatic heterocycles. The molecule has 94 valence electrons. The maximum Gasteiger partial charge on any atom is 0.407 e. The van der Waals surface area contributed by atoms with E-state index in [1.54, 1.807) is 0 Å². The third-order valence-electron chi connectivity index (χ3n) is 2.40. The zero-order chi connectivity index (χ0) is 12.2. The summed E-state index contributed by atoms with van der Waals surface area (Å²) in [6, 6.07) is 0.881. The predicted molar refractivity (Wildman–Crippen MR) is 63.2 cm³/mol. The SMILES string of the molecule is CC(C)(C)OC(=O)NCCNC1CC(N)C1. The van der Waals surface area contributed by atoms with Crippen LogP contribution in [-0.2, 0) is 4.74 Å². The number of nitrogens with two attached hydrogens (primary N) is 1. The van der Waals surface area contributed by atoms with Gasteiger partial charge in [-0.1, -0.05) is 0 Å². The van der Waals surface area contributed by atoms with Gasteiger partial charge in [0.15, 0.2) is 0 Å². The van der Waals surface area contributed by atoms with E-state index in [1.807, 2.05) is 20.8 Å². The molecule has 4 N–H and O–H groups in total. The lowest BCUT2D eigenvalue weighted by atomic mass is 9.88. The van der Waals surface area contributed by atoms with Gasteiger partial charge in [-0.25, -0.2) is 4.79 Å². The van der Waals surface area contributed by atoms with Crippen molar-refractivity contribution >= 4 is 6.09 Å². The molecule has 5 heteroatoms. The van der Waals surface area contributed by atoms with Crippen molar-refractivity contribution in [1.82, 2.24) is 10.6 Å². The highest BCUT2D eigenvalue weighted by Crippen LogP contribution is 2.16. The first-order valence-electron chi connectivity index (χ1n) is 5.82. The van der Waals surface area contributed by atoms with Crippen LogP contribution in [0.1, 0.15) is 33.6 Å². The average molecular weight is 229 g/mol. The fourth-order valence-electron chi connectivity index (χ4n) is 1.58. The number of rotatable bonds is 4. The number of amides is 1. The van der Waals surface area contributed by atoms with Gasteiger partial charge in [0.1, 0.15) is 5.60 Å². The number of hydrogen-bond donors (Lipinski definition) is 3. The standard InChI is InChI=1S/C11H23N3O2/c1-11(2,3)16-10(15)14-5-4-13-9-6-8(12)7-9/h8-9,13H,4-7,12H2,1-3H3,(H,14,15). The molecule has 0 unspecified atom stereocenters. The van der Waals surface area contributed by atoms with Gasteiger partial charge in [0.05, 0.1) is 0 Å². The van der Waals surface area contributed by atoms with Crippen molar-refractivity contribution in [2.75, 3.05) is 13.1 Å². The molecule has 0 aromatic rings. The van der Waals surface area contributed by atoms with Crippen LogP contribution in [0.25, 0.3) is 0 Å². The maximum absolute atomic E-state index is 11.3. The first-order valence-corrected chi connectivity index (χ1v) is 5.82. The Balaban J connectivity index is 1.96. The minimum absolute atomic E-state index is 0.358. The lowest BCUT2D eigenvalue weighted by Gasteiger charge is -2.33. The molecule has 5 nitrogen and oxygen atoms in total. The Morgan fingerprint density at radius 3 is 2.50 bits per heavy atom. The van der Waals surface area contributed by atoms with Gasteiger partial charge >= 0.3 is 6.09 Å². The molecule has 16 heavy (non-hydrogen) atoms. The van der Waals surface area contributed by atoms with E-state index in [2.05, 4.69) is 10.6 Å². The fourth-order valence-corrected chi connectivity index (χ4v) is 1.58. The second kappa shape index (κ2) is 5.50. The minimum Gasteiger partial charge on any atom is -0.444 e. The zero-order valence-electron chi connectivity index (χ0n) is 10.4. The van der Waals surface area contributed by atoms with Crippen LogP contribution < -0.4 is 16.4 Å². The second-order valence-electron chi connectivity index (χ2n) is 5.31. The monoisotopic (exact) mass is 229 g/mol. The molecule has 1 aliphatic rings. The van der Waals surface area contributed by atoms with E-state index in [0.717, 1.165) is 19.4 Å². The van der Waals surface area contributed by atoms with Gasteiger partial charge in [-0.2, -0.15) is 0 Å². The summed E-state index contributed by atoms with van der Waals surface area (Å²) < 4.78 is 5.10. The average Bonchev–Trinajstić information content (AvgIpc) is 2.05. The fraction of sp³-hybridized carbons (Fsp3) is 0.909. The van der Waals surface area contributed by atoms with Crippen LogP contribution in [0.15, 0.2) is 0 Å². The van der Waals surface area contributed by atoms with Gasteiger partial charge in [0.25, 0.3) is 0 Å². The summed E-state index contributed by atoms with van der Waals surface area (Å²) in [5.41, 5.74) is 5.23. The molecule has 0 aliphatic heterocycles. The molecule has 0 spiro atoms. The van der Waals surface area contributed by atoms with Crippen LogP contribution in [0.2, 0.25) is 0 Å². The summed E-state index contributed by atoms with van der Waals surface area (Å²) in [5.74, 6) is 0. The predicted octanol–water partition coefficient (Wildman–Crippen LogP) is 0.590. The summed E-state index contributed by atoms with van der Waals surface area (Å²) >= 11 is 0. The van der Waals surface area contributed by atoms with Crippen LogP contribution in [0.4, 0.5) is 4.79 Å². The highest BCUT2D eigenvalue weighted by atomic mass is 16.6. The summed E-state index contributed by atoms with van der Waals surface area (Å²) in [5, 5.41) is 6.02. The Morgan fingerprint density at radius 2 is 2.00 bits per heavy atom. The number of ether oxygens (including phenoxy) is 1. The van der Waals surface area contributed by atoms with E-state index in [1.165, 1.54) is 0 Å². The maximum atomic E-state index is 11.3. The van der Waals surface area contributed by atoms with Gasteiger partial charge < -0.3 is 21.1 Å². The van der Waals surface area contributed by atoms with E-state index in [0.29, 0.717) is 18.6 Å². The van der Waals surface area contributed by atoms with Crippen LogP contribution >= 0.6 is 0 Å². The number of carbonyl (C=O) groups is 1. The number of hydrogen-bond acceptors (Lipinski definition) is 4. The summed E-state index contributed by atoms with van der Waals surface area (Å²) in [7, 11) is 0. The number of alkyl carbamates (subject to hydrolysis) is 1. The first kappa shape index (κ1) is 13.3. The smallest absolute Gasteiger partial charge is 0.407 e. The van der Waals surface area contributed by atoms with Crippen molar-refractivity contribution < 1.29 is 9.53 Å². The van der Waals surface area contributed by atoms with Gasteiger partial charge in [0.2, 0.25) is 0 Å². The molecule has 0 saturated heterocycles. The first-order chi connectivity index (χ1) is 7.37. The highest BCUT2D eigenvalue weighted by Gasteiger charge is 2.24. The highest BCUT2D eigenvalue weighted by molar-refractivity contribution is 5.67. The largest absolute Gasteiger partial charge is 0.444 e. The van der Waals surface area contributed by atoms with Crippen LogP contribution in [0, 0.1) is 0 Å². The van der Waals surface area contributed by atoms with Crippen molar-refractivity contribution in [2.24, 2.45) is 5.73 Å². The molecular weight excluding hydrogens is 206 g/mol. The van der Waals surface area contributed by atoms with Gasteiger partial charge in [0, 0.05) is 25.2 Å². The van der Waals surface area contributed by atoms with Gasteiger partial charge in [-0.05, 0) is 33.6 Å². The van der Waals surface area contributed by atoms with Crippen LogP contribution in [0.5, 0.6) is 0 Å². The second-order valence-corrected chi connectivity index (χ2v) is 5.31. The van der Waals surface area contributed by atoms with Crippen molar-refractivity contribution in [3.8, 4) is 0 Å². The third kappa shape index (κ3) is 5.32. The molecule has 0 bridgehead atoms. The molecule has 1 rings (SSSR count). The van der Waals surface area contributed by atoms with E-state index >= 15 is 0 Å². The number of carbonyl (C=O) groups excluding carboxylic acids is 1. The summed E-state index contributed by atoms with van der Waals surface area (Å²) in [4.78, 5) is 11.3. The Labute approximate surface area is 97.1 Å². The number of nitrogens with one attached hydrogen (secondary N) is 2. The van der Waals surface area contributed by atoms with E-state index < -0.39 is 5.60 Å². The van der Waals surface area contributed by atoms with Crippen LogP contribution in [-0.4, -0.2) is 36.9 Å². The van der Waals surface area contributed by atoms with Gasteiger partial charge in [-0.3, -0.25) is 0 Å². The Hall–Kier alpha value is -0.810. The topological polar surface area (TPSA) is 76.4 Å². The molecule has 1 fully saturated rings. The minimum atomic E-state index is -0.432. The lowest BCUT2D eigenvalue weighted by Crippen LogP contribution is -2.50. The van der Waals surface area contributed by atoms with E-state index in [9.17, 15) is 4.79 Å². The molecule has 1 amide bonds. The zero-order valence-corrected chi connectivity index (χ0v) is 10.4. The third-order valence-corrected chi connectivity index (χ3v) is 2.40. The summed E-state index contributed by atoms with van der Waals surface area (Å²) in [6.07, 6.45) is 1.71. The molecule has 1 aliphatic carbocycles. The molecule has 0 atom stereocenters. The lowest BCUT2D eigenvalue weighted by molar-refractivity contribution is 0.0527. The molecule has 0 heterocycles. The van der Waals surface area contributed by atoms with E-state index in [4.69, 9.17) is 10.5 Å². The van der Waals surface area contributed by atoms with Gasteiger partial charge in [-0.15, -0.1) is 0 Å². The normalized spacial score (nSPS) is 24.8. The van der Waals surface area contributed by atoms with E-state index in [-0.39, 0.29) is 6.09 Å². The Bertz CT molecular complexity index is 232. The summed E-state index contributed by atoms with van der Waals surface area (Å²) in [6.45, 7) is 6.89. The molecule has 0 radical (unpaired) electrons. The van der Waals surface area contributed by atoms with Crippen molar-refractivity contribution in [2.45, 2.75) is 51.3 Å². The Kier molecular flexibility index (Phi) is 4.56. The van der Waals surface area contributed by atoms with Crippen molar-refractivity contribution in [1.29, 1.82) is 0 Å². The van der Waals surface area contributed by atoms with Crippen molar-refractivity contribution in [3.05, 3.63) is 0 Å². The molecular formula is C11H23N3O2.